The molecule has 1 atom stereocenters. The molecule has 0 spiro atoms. The lowest BCUT2D eigenvalue weighted by molar-refractivity contribution is 0.415. The average Bonchev–Trinajstić information content (AvgIpc) is 2.95. The van der Waals surface area contributed by atoms with Gasteiger partial charge >= 0.3 is 0 Å². The number of hydrogen-bond acceptors (Lipinski definition) is 3. The molecule has 2 heterocycles. The van der Waals surface area contributed by atoms with Crippen molar-refractivity contribution in [2.75, 3.05) is 6.54 Å². The molecule has 0 aliphatic rings. The number of furan rings is 1. The summed E-state index contributed by atoms with van der Waals surface area (Å²) >= 11 is 6.20. The largest absolute Gasteiger partial charge is 0.464 e. The monoisotopic (exact) mass is 267 g/mol. The molecule has 0 amide bonds. The first kappa shape index (κ1) is 13.2. The topological polar surface area (TPSA) is 43.0 Å². The van der Waals surface area contributed by atoms with E-state index in [0.717, 1.165) is 30.2 Å². The molecule has 0 bridgehead atoms. The second kappa shape index (κ2) is 5.59. The summed E-state index contributed by atoms with van der Waals surface area (Å²) in [6.45, 7) is 4.96. The molecule has 1 unspecified atom stereocenters. The zero-order valence-corrected chi connectivity index (χ0v) is 11.7. The first-order valence-electron chi connectivity index (χ1n) is 6.16. The predicted molar refractivity (Wildman–Crippen MR) is 71.8 cm³/mol. The molecule has 4 nitrogen and oxygen atoms in total. The Bertz CT molecular complexity index is 499. The Balaban J connectivity index is 2.39. The first-order chi connectivity index (χ1) is 8.67. The molecule has 2 rings (SSSR count). The van der Waals surface area contributed by atoms with Gasteiger partial charge in [-0.15, -0.1) is 0 Å². The van der Waals surface area contributed by atoms with E-state index < -0.39 is 0 Å². The van der Waals surface area contributed by atoms with E-state index in [4.69, 9.17) is 16.0 Å². The third-order valence-corrected chi connectivity index (χ3v) is 3.23. The minimum absolute atomic E-state index is 0.0599. The second-order valence-corrected chi connectivity index (χ2v) is 4.56. The number of aromatic nitrogens is 2. The summed E-state index contributed by atoms with van der Waals surface area (Å²) < 4.78 is 7.60. The fraction of sp³-hybridized carbons (Fsp3) is 0.462. The van der Waals surface area contributed by atoms with Crippen molar-refractivity contribution in [3.8, 4) is 0 Å². The molecule has 0 radical (unpaired) electrons. The zero-order chi connectivity index (χ0) is 13.1. The minimum atomic E-state index is -0.0599. The van der Waals surface area contributed by atoms with Crippen LogP contribution < -0.4 is 5.32 Å². The maximum absolute atomic E-state index is 6.20. The van der Waals surface area contributed by atoms with E-state index >= 15 is 0 Å². The van der Waals surface area contributed by atoms with E-state index in [2.05, 4.69) is 24.3 Å². The smallest absolute Gasteiger partial charge is 0.127 e. The van der Waals surface area contributed by atoms with Crippen LogP contribution >= 0.6 is 11.6 Å². The Labute approximate surface area is 112 Å². The quantitative estimate of drug-likeness (QED) is 0.906. The molecule has 98 valence electrons. The van der Waals surface area contributed by atoms with Crippen molar-refractivity contribution in [3.05, 3.63) is 40.6 Å². The van der Waals surface area contributed by atoms with Crippen molar-refractivity contribution in [1.82, 2.24) is 15.1 Å². The van der Waals surface area contributed by atoms with Crippen molar-refractivity contribution >= 4 is 11.6 Å². The Morgan fingerprint density at radius 3 is 2.72 bits per heavy atom. The molecular weight excluding hydrogens is 250 g/mol. The summed E-state index contributed by atoms with van der Waals surface area (Å²) in [6, 6.07) is 3.94. The Morgan fingerprint density at radius 1 is 1.44 bits per heavy atom. The maximum atomic E-state index is 6.20. The fourth-order valence-electron chi connectivity index (χ4n) is 2.02. The van der Waals surface area contributed by atoms with E-state index in [1.807, 2.05) is 19.2 Å². The summed E-state index contributed by atoms with van der Waals surface area (Å²) in [7, 11) is 1.88. The van der Waals surface area contributed by atoms with Gasteiger partial charge in [0.2, 0.25) is 0 Å². The van der Waals surface area contributed by atoms with Gasteiger partial charge in [0.15, 0.2) is 0 Å². The third kappa shape index (κ3) is 2.44. The Morgan fingerprint density at radius 2 is 2.22 bits per heavy atom. The molecule has 18 heavy (non-hydrogen) atoms. The summed E-state index contributed by atoms with van der Waals surface area (Å²) in [5, 5.41) is 8.21. The molecule has 5 heteroatoms. The van der Waals surface area contributed by atoms with Crippen LogP contribution in [0.4, 0.5) is 0 Å². The highest BCUT2D eigenvalue weighted by atomic mass is 35.5. The van der Waals surface area contributed by atoms with Crippen LogP contribution in [-0.2, 0) is 13.5 Å². The van der Waals surface area contributed by atoms with Crippen molar-refractivity contribution in [3.63, 3.8) is 0 Å². The lowest BCUT2D eigenvalue weighted by atomic mass is 10.1. The molecular formula is C13H18ClN3O. The molecule has 2 aromatic rings. The van der Waals surface area contributed by atoms with Gasteiger partial charge in [0.25, 0.3) is 0 Å². The summed E-state index contributed by atoms with van der Waals surface area (Å²) in [6.07, 6.45) is 2.54. The lowest BCUT2D eigenvalue weighted by Crippen LogP contribution is -2.24. The fourth-order valence-corrected chi connectivity index (χ4v) is 2.30. The van der Waals surface area contributed by atoms with E-state index in [0.29, 0.717) is 5.02 Å². The molecule has 0 aliphatic heterocycles. The van der Waals surface area contributed by atoms with Gasteiger partial charge < -0.3 is 9.73 Å². The van der Waals surface area contributed by atoms with Crippen molar-refractivity contribution in [2.45, 2.75) is 26.3 Å². The van der Waals surface area contributed by atoms with Gasteiger partial charge in [-0.3, -0.25) is 4.68 Å². The molecule has 0 aromatic carbocycles. The standard InChI is InChI=1S/C13H18ClN3O/c1-4-9-6-7-11(18-9)12(15-5-2)13-10(14)8-16-17(13)3/h6-8,12,15H,4-5H2,1-3H3. The number of aryl methyl sites for hydroxylation is 2. The summed E-state index contributed by atoms with van der Waals surface area (Å²) in [5.41, 5.74) is 0.926. The van der Waals surface area contributed by atoms with E-state index in [1.54, 1.807) is 10.9 Å². The van der Waals surface area contributed by atoms with Gasteiger partial charge in [-0.25, -0.2) is 0 Å². The van der Waals surface area contributed by atoms with Crippen molar-refractivity contribution < 1.29 is 4.42 Å². The SMILES string of the molecule is CCNC(c1ccc(CC)o1)c1c(Cl)cnn1C. The highest BCUT2D eigenvalue weighted by Crippen LogP contribution is 2.29. The zero-order valence-electron chi connectivity index (χ0n) is 10.9. The van der Waals surface area contributed by atoms with Crippen LogP contribution in [0, 0.1) is 0 Å². The van der Waals surface area contributed by atoms with E-state index in [9.17, 15) is 0 Å². The predicted octanol–water partition coefficient (Wildman–Crippen LogP) is 2.93. The van der Waals surface area contributed by atoms with Crippen molar-refractivity contribution in [1.29, 1.82) is 0 Å². The van der Waals surface area contributed by atoms with Gasteiger partial charge in [0.1, 0.15) is 17.6 Å². The lowest BCUT2D eigenvalue weighted by Gasteiger charge is -2.16. The highest BCUT2D eigenvalue weighted by molar-refractivity contribution is 6.31. The van der Waals surface area contributed by atoms with Crippen LogP contribution in [0.5, 0.6) is 0 Å². The van der Waals surface area contributed by atoms with Gasteiger partial charge in [0, 0.05) is 13.5 Å². The number of halogens is 1. The van der Waals surface area contributed by atoms with E-state index in [1.165, 1.54) is 0 Å². The first-order valence-corrected chi connectivity index (χ1v) is 6.54. The van der Waals surface area contributed by atoms with Crippen LogP contribution in [0.1, 0.15) is 37.1 Å². The number of nitrogens with one attached hydrogen (secondary N) is 1. The Hall–Kier alpha value is -1.26. The highest BCUT2D eigenvalue weighted by Gasteiger charge is 2.23. The number of nitrogens with zero attached hydrogens (tertiary/aromatic N) is 2. The van der Waals surface area contributed by atoms with E-state index in [-0.39, 0.29) is 6.04 Å². The van der Waals surface area contributed by atoms with Gasteiger partial charge in [-0.1, -0.05) is 25.4 Å². The third-order valence-electron chi connectivity index (χ3n) is 2.93. The van der Waals surface area contributed by atoms with Crippen LogP contribution in [0.25, 0.3) is 0 Å². The molecule has 0 aliphatic carbocycles. The molecule has 0 saturated carbocycles. The summed E-state index contributed by atoms with van der Waals surface area (Å²) in [4.78, 5) is 0. The van der Waals surface area contributed by atoms with Gasteiger partial charge in [0.05, 0.1) is 16.9 Å². The molecule has 0 fully saturated rings. The van der Waals surface area contributed by atoms with Crippen molar-refractivity contribution in [2.24, 2.45) is 7.05 Å². The minimum Gasteiger partial charge on any atom is -0.464 e. The van der Waals surface area contributed by atoms with Crippen LogP contribution in [-0.4, -0.2) is 16.3 Å². The summed E-state index contributed by atoms with van der Waals surface area (Å²) in [5.74, 6) is 1.85. The normalized spacial score (nSPS) is 12.9. The molecule has 2 aromatic heterocycles. The molecule has 0 saturated heterocycles. The second-order valence-electron chi connectivity index (χ2n) is 4.15. The van der Waals surface area contributed by atoms with Crippen LogP contribution in [0.2, 0.25) is 5.02 Å². The number of rotatable bonds is 5. The average molecular weight is 268 g/mol. The molecule has 1 N–H and O–H groups in total. The van der Waals surface area contributed by atoms with Crippen LogP contribution in [0.3, 0.4) is 0 Å². The van der Waals surface area contributed by atoms with Gasteiger partial charge in [-0.2, -0.15) is 5.10 Å². The van der Waals surface area contributed by atoms with Gasteiger partial charge in [-0.05, 0) is 18.7 Å². The van der Waals surface area contributed by atoms with Crippen LogP contribution in [0.15, 0.2) is 22.7 Å². The maximum Gasteiger partial charge on any atom is 0.127 e. The number of hydrogen-bond donors (Lipinski definition) is 1. The Kier molecular flexibility index (Phi) is 4.09.